The molecule has 1 fully saturated rings. The number of imidazole rings is 1. The number of ether oxygens (including phenoxy) is 1. The molecular weight excluding hydrogens is 398 g/mol. The van der Waals surface area contributed by atoms with Gasteiger partial charge in [-0.15, -0.1) is 0 Å². The minimum absolute atomic E-state index is 0.152. The predicted molar refractivity (Wildman–Crippen MR) is 120 cm³/mol. The van der Waals surface area contributed by atoms with Crippen LogP contribution in [0.2, 0.25) is 5.02 Å². The zero-order valence-corrected chi connectivity index (χ0v) is 18.1. The molecular formula is C24H28ClN3O2. The lowest BCUT2D eigenvalue weighted by atomic mass is 10.1. The Balaban J connectivity index is 1.46. The zero-order valence-electron chi connectivity index (χ0n) is 17.4. The summed E-state index contributed by atoms with van der Waals surface area (Å²) >= 11 is 5.93. The maximum atomic E-state index is 12.5. The summed E-state index contributed by atoms with van der Waals surface area (Å²) < 4.78 is 8.14. The molecule has 2 aromatic carbocycles. The lowest BCUT2D eigenvalue weighted by Crippen LogP contribution is -2.26. The Hall–Kier alpha value is -2.53. The number of halogens is 1. The Morgan fingerprint density at radius 3 is 2.70 bits per heavy atom. The van der Waals surface area contributed by atoms with Gasteiger partial charge in [0, 0.05) is 37.0 Å². The van der Waals surface area contributed by atoms with E-state index in [9.17, 15) is 4.79 Å². The highest BCUT2D eigenvalue weighted by molar-refractivity contribution is 6.30. The van der Waals surface area contributed by atoms with Crippen LogP contribution in [0, 0.1) is 0 Å². The highest BCUT2D eigenvalue weighted by atomic mass is 35.5. The molecule has 1 aliphatic heterocycles. The van der Waals surface area contributed by atoms with Crippen LogP contribution < -0.4 is 4.74 Å². The van der Waals surface area contributed by atoms with Crippen LogP contribution in [0.1, 0.15) is 44.3 Å². The number of nitrogens with zero attached hydrogens (tertiary/aromatic N) is 3. The summed E-state index contributed by atoms with van der Waals surface area (Å²) in [6, 6.07) is 15.6. The van der Waals surface area contributed by atoms with E-state index in [0.29, 0.717) is 18.1 Å². The van der Waals surface area contributed by atoms with Crippen LogP contribution in [0.4, 0.5) is 0 Å². The van der Waals surface area contributed by atoms with Crippen molar-refractivity contribution in [1.29, 1.82) is 0 Å². The van der Waals surface area contributed by atoms with Crippen LogP contribution in [-0.4, -0.2) is 40.1 Å². The standard InChI is InChI=1S/C24H28ClN3O2/c1-2-3-13-27-17-18(16-23(27)29)24-26-21-7-4-5-8-22(21)28(24)14-6-15-30-20-11-9-19(25)10-12-20/h4-5,7-12,18H,2-3,6,13-17H2,1H3/t18-/m1/s1. The van der Waals surface area contributed by atoms with E-state index in [4.69, 9.17) is 21.3 Å². The average Bonchev–Trinajstić information content (AvgIpc) is 3.31. The SMILES string of the molecule is CCCCN1C[C@H](c2nc3ccccc3n2CCCOc2ccc(Cl)cc2)CC1=O. The highest BCUT2D eigenvalue weighted by Gasteiger charge is 2.33. The van der Waals surface area contributed by atoms with Gasteiger partial charge in [0.2, 0.25) is 5.91 Å². The van der Waals surface area contributed by atoms with Crippen molar-refractivity contribution in [1.82, 2.24) is 14.5 Å². The van der Waals surface area contributed by atoms with Crippen molar-refractivity contribution in [2.45, 2.75) is 45.1 Å². The van der Waals surface area contributed by atoms with E-state index < -0.39 is 0 Å². The first-order valence-electron chi connectivity index (χ1n) is 10.8. The van der Waals surface area contributed by atoms with Crippen LogP contribution in [0.25, 0.3) is 11.0 Å². The van der Waals surface area contributed by atoms with Crippen molar-refractivity contribution < 1.29 is 9.53 Å². The number of carbonyl (C=O) groups is 1. The van der Waals surface area contributed by atoms with E-state index in [0.717, 1.165) is 61.5 Å². The van der Waals surface area contributed by atoms with Crippen molar-refractivity contribution in [3.63, 3.8) is 0 Å². The third-order valence-corrected chi connectivity index (χ3v) is 5.91. The predicted octanol–water partition coefficient (Wildman–Crippen LogP) is 5.27. The summed E-state index contributed by atoms with van der Waals surface area (Å²) in [5.41, 5.74) is 2.11. The molecule has 6 heteroatoms. The number of fused-ring (bicyclic) bond motifs is 1. The Morgan fingerprint density at radius 1 is 1.10 bits per heavy atom. The van der Waals surface area contributed by atoms with Crippen molar-refractivity contribution in [2.24, 2.45) is 0 Å². The Bertz CT molecular complexity index is 999. The van der Waals surface area contributed by atoms with Gasteiger partial charge >= 0.3 is 0 Å². The molecule has 0 unspecified atom stereocenters. The van der Waals surface area contributed by atoms with Crippen molar-refractivity contribution in [3.8, 4) is 5.75 Å². The first-order chi connectivity index (χ1) is 14.7. The number of rotatable bonds is 9. The summed E-state index contributed by atoms with van der Waals surface area (Å²) in [6.07, 6.45) is 3.56. The van der Waals surface area contributed by atoms with Gasteiger partial charge in [0.15, 0.2) is 0 Å². The molecule has 3 aromatic rings. The third kappa shape index (κ3) is 4.62. The van der Waals surface area contributed by atoms with Crippen molar-refractivity contribution >= 4 is 28.5 Å². The first-order valence-corrected chi connectivity index (χ1v) is 11.1. The molecule has 1 saturated heterocycles. The molecule has 1 atom stereocenters. The summed E-state index contributed by atoms with van der Waals surface area (Å²) in [4.78, 5) is 19.4. The fourth-order valence-electron chi connectivity index (χ4n) is 4.09. The average molecular weight is 426 g/mol. The number of hydrogen-bond donors (Lipinski definition) is 0. The second-order valence-electron chi connectivity index (χ2n) is 7.86. The first kappa shape index (κ1) is 20.7. The summed E-state index contributed by atoms with van der Waals surface area (Å²) in [7, 11) is 0. The van der Waals surface area contributed by atoms with Gasteiger partial charge in [-0.1, -0.05) is 37.1 Å². The molecule has 0 aliphatic carbocycles. The second kappa shape index (κ2) is 9.52. The molecule has 0 radical (unpaired) electrons. The minimum Gasteiger partial charge on any atom is -0.494 e. The number of amides is 1. The van der Waals surface area contributed by atoms with Gasteiger partial charge in [0.1, 0.15) is 11.6 Å². The van der Waals surface area contributed by atoms with Gasteiger partial charge in [0.05, 0.1) is 17.6 Å². The Kier molecular flexibility index (Phi) is 6.58. The molecule has 2 heterocycles. The molecule has 0 spiro atoms. The van der Waals surface area contributed by atoms with Crippen LogP contribution in [0.15, 0.2) is 48.5 Å². The largest absolute Gasteiger partial charge is 0.494 e. The summed E-state index contributed by atoms with van der Waals surface area (Å²) in [5.74, 6) is 2.25. The maximum Gasteiger partial charge on any atom is 0.223 e. The Labute approximate surface area is 182 Å². The normalized spacial score (nSPS) is 16.5. The second-order valence-corrected chi connectivity index (χ2v) is 8.30. The fourth-order valence-corrected chi connectivity index (χ4v) is 4.22. The lowest BCUT2D eigenvalue weighted by Gasteiger charge is -2.17. The van der Waals surface area contributed by atoms with E-state index in [2.05, 4.69) is 17.6 Å². The van der Waals surface area contributed by atoms with Crippen LogP contribution >= 0.6 is 11.6 Å². The van der Waals surface area contributed by atoms with Gasteiger partial charge in [-0.3, -0.25) is 4.79 Å². The molecule has 158 valence electrons. The number of carbonyl (C=O) groups excluding carboxylic acids is 1. The van der Waals surface area contributed by atoms with Gasteiger partial charge in [-0.25, -0.2) is 4.98 Å². The van der Waals surface area contributed by atoms with Gasteiger partial charge in [-0.2, -0.15) is 0 Å². The third-order valence-electron chi connectivity index (χ3n) is 5.65. The maximum absolute atomic E-state index is 12.5. The van der Waals surface area contributed by atoms with Crippen LogP contribution in [0.3, 0.4) is 0 Å². The van der Waals surface area contributed by atoms with E-state index in [1.54, 1.807) is 0 Å². The number of hydrogen-bond acceptors (Lipinski definition) is 3. The van der Waals surface area contributed by atoms with Crippen LogP contribution in [0.5, 0.6) is 5.75 Å². The molecule has 0 saturated carbocycles. The van der Waals surface area contributed by atoms with E-state index in [1.165, 1.54) is 0 Å². The topological polar surface area (TPSA) is 47.4 Å². The highest BCUT2D eigenvalue weighted by Crippen LogP contribution is 2.30. The molecule has 30 heavy (non-hydrogen) atoms. The molecule has 5 nitrogen and oxygen atoms in total. The van der Waals surface area contributed by atoms with E-state index in [-0.39, 0.29) is 11.8 Å². The van der Waals surface area contributed by atoms with Crippen LogP contribution in [-0.2, 0) is 11.3 Å². The number of aromatic nitrogens is 2. The smallest absolute Gasteiger partial charge is 0.223 e. The molecule has 4 rings (SSSR count). The van der Waals surface area contributed by atoms with Gasteiger partial charge in [-0.05, 0) is 49.2 Å². The number of likely N-dealkylation sites (tertiary alicyclic amines) is 1. The van der Waals surface area contributed by atoms with Gasteiger partial charge in [0.25, 0.3) is 0 Å². The number of benzene rings is 2. The molecule has 0 N–H and O–H groups in total. The number of para-hydroxylation sites is 2. The molecule has 0 bridgehead atoms. The van der Waals surface area contributed by atoms with E-state index in [1.807, 2.05) is 47.4 Å². The molecule has 1 aliphatic rings. The Morgan fingerprint density at radius 2 is 1.90 bits per heavy atom. The monoisotopic (exact) mass is 425 g/mol. The summed E-state index contributed by atoms with van der Waals surface area (Å²) in [5, 5.41) is 0.705. The van der Waals surface area contributed by atoms with Gasteiger partial charge < -0.3 is 14.2 Å². The molecule has 1 aromatic heterocycles. The molecule has 1 amide bonds. The zero-order chi connectivity index (χ0) is 20.9. The lowest BCUT2D eigenvalue weighted by molar-refractivity contribution is -0.127. The van der Waals surface area contributed by atoms with Crippen molar-refractivity contribution in [3.05, 3.63) is 59.4 Å². The summed E-state index contributed by atoms with van der Waals surface area (Å²) in [6.45, 7) is 5.19. The quantitative estimate of drug-likeness (QED) is 0.438. The number of aryl methyl sites for hydroxylation is 1. The number of unbranched alkanes of at least 4 members (excludes halogenated alkanes) is 1. The van der Waals surface area contributed by atoms with E-state index >= 15 is 0 Å². The fraction of sp³-hybridized carbons (Fsp3) is 0.417. The van der Waals surface area contributed by atoms with Crippen molar-refractivity contribution in [2.75, 3.05) is 19.7 Å². The minimum atomic E-state index is 0.152.